The predicted octanol–water partition coefficient (Wildman–Crippen LogP) is 5.70. The Labute approximate surface area is 158 Å². The summed E-state index contributed by atoms with van der Waals surface area (Å²) in [5.74, 6) is 0.978. The van der Waals surface area contributed by atoms with Gasteiger partial charge < -0.3 is 5.73 Å². The Hall–Kier alpha value is -2.44. The van der Waals surface area contributed by atoms with Crippen molar-refractivity contribution in [1.29, 1.82) is 0 Å². The fourth-order valence-corrected chi connectivity index (χ4v) is 4.07. The third kappa shape index (κ3) is 3.10. The number of nitrogen functional groups attached to an aromatic ring is 1. The lowest BCUT2D eigenvalue weighted by molar-refractivity contribution is 1.21. The van der Waals surface area contributed by atoms with Gasteiger partial charge in [0.25, 0.3) is 0 Å². The van der Waals surface area contributed by atoms with Crippen molar-refractivity contribution in [3.63, 3.8) is 0 Å². The van der Waals surface area contributed by atoms with E-state index in [1.54, 1.807) is 11.3 Å². The van der Waals surface area contributed by atoms with Crippen molar-refractivity contribution < 1.29 is 0 Å². The van der Waals surface area contributed by atoms with Crippen LogP contribution in [0.2, 0.25) is 0 Å². The largest absolute Gasteiger partial charge is 0.368 e. The zero-order valence-electron chi connectivity index (χ0n) is 13.5. The molecule has 2 N–H and O–H groups in total. The molecule has 0 fully saturated rings. The van der Waals surface area contributed by atoms with Gasteiger partial charge in [0.2, 0.25) is 5.95 Å². The molecule has 0 aliphatic rings. The Morgan fingerprint density at radius 2 is 1.80 bits per heavy atom. The molecule has 4 aromatic rings. The first-order valence-electron chi connectivity index (χ1n) is 7.77. The summed E-state index contributed by atoms with van der Waals surface area (Å²) in [6.07, 6.45) is 0. The summed E-state index contributed by atoms with van der Waals surface area (Å²) in [5, 5.41) is 0.943. The van der Waals surface area contributed by atoms with Gasteiger partial charge >= 0.3 is 0 Å². The van der Waals surface area contributed by atoms with E-state index < -0.39 is 0 Å². The van der Waals surface area contributed by atoms with Gasteiger partial charge in [0.05, 0.1) is 27.4 Å². The van der Waals surface area contributed by atoms with Crippen LogP contribution in [0.5, 0.6) is 0 Å². The summed E-state index contributed by atoms with van der Waals surface area (Å²) in [5.41, 5.74) is 8.86. The minimum Gasteiger partial charge on any atom is -0.368 e. The molecular weight excluding hydrogens is 396 g/mol. The Morgan fingerprint density at radius 1 is 1.00 bits per heavy atom. The van der Waals surface area contributed by atoms with Crippen molar-refractivity contribution in [2.45, 2.75) is 6.92 Å². The Bertz CT molecular complexity index is 1050. The van der Waals surface area contributed by atoms with E-state index in [0.29, 0.717) is 0 Å². The third-order valence-corrected chi connectivity index (χ3v) is 5.68. The molecule has 0 aliphatic heterocycles. The van der Waals surface area contributed by atoms with E-state index >= 15 is 0 Å². The number of hydrogen-bond donors (Lipinski definition) is 1. The van der Waals surface area contributed by atoms with Gasteiger partial charge in [0.15, 0.2) is 5.82 Å². The van der Waals surface area contributed by atoms with E-state index in [0.717, 1.165) is 28.0 Å². The molecule has 0 radical (unpaired) electrons. The molecule has 0 saturated carbocycles. The van der Waals surface area contributed by atoms with Crippen LogP contribution in [0.1, 0.15) is 4.88 Å². The highest BCUT2D eigenvalue weighted by atomic mass is 79.9. The number of anilines is 3. The lowest BCUT2D eigenvalue weighted by Gasteiger charge is -2.18. The molecule has 0 spiro atoms. The number of nitrogens with zero attached hydrogens (tertiary/aromatic N) is 3. The average Bonchev–Trinajstić information content (AvgIpc) is 3.07. The molecule has 0 bridgehead atoms. The Morgan fingerprint density at radius 3 is 2.52 bits per heavy atom. The number of thiophene rings is 1. The maximum absolute atomic E-state index is 5.93. The quantitative estimate of drug-likeness (QED) is 0.440. The van der Waals surface area contributed by atoms with Gasteiger partial charge in [-0.1, -0.05) is 24.3 Å². The Balaban J connectivity index is 1.90. The summed E-state index contributed by atoms with van der Waals surface area (Å²) in [6, 6.07) is 20.4. The minimum atomic E-state index is 0.252. The van der Waals surface area contributed by atoms with Gasteiger partial charge in [-0.3, -0.25) is 3.93 Å². The molecule has 25 heavy (non-hydrogen) atoms. The van der Waals surface area contributed by atoms with E-state index in [1.165, 1.54) is 9.75 Å². The van der Waals surface area contributed by atoms with Crippen molar-refractivity contribution in [1.82, 2.24) is 9.97 Å². The number of fused-ring (bicyclic) bond motifs is 1. The third-order valence-electron chi connectivity index (χ3n) is 3.89. The molecule has 2 heterocycles. The number of hydrogen-bond acceptors (Lipinski definition) is 5. The van der Waals surface area contributed by atoms with E-state index in [4.69, 9.17) is 5.73 Å². The van der Waals surface area contributed by atoms with Crippen molar-refractivity contribution in [2.75, 3.05) is 9.66 Å². The fraction of sp³-hybridized carbons (Fsp3) is 0.0526. The van der Waals surface area contributed by atoms with Crippen LogP contribution in [0.15, 0.2) is 60.7 Å². The minimum absolute atomic E-state index is 0.252. The van der Waals surface area contributed by atoms with Crippen molar-refractivity contribution in [3.8, 4) is 10.4 Å². The van der Waals surface area contributed by atoms with Crippen LogP contribution in [0.3, 0.4) is 0 Å². The Kier molecular flexibility index (Phi) is 4.15. The molecule has 6 heteroatoms. The standard InChI is InChI=1S/C19H15BrN4S/c1-12-7-10-17(25-12)13-8-9-16-15(11-13)18(23-19(21)22-16)24(20)14-5-3-2-4-6-14/h2-11H,1H3,(H2,21,22,23). The SMILES string of the molecule is Cc1ccc(-c2ccc3nc(N)nc(N(Br)c4ccccc4)c3c2)s1. The van der Waals surface area contributed by atoms with Gasteiger partial charge in [-0.05, 0) is 48.9 Å². The van der Waals surface area contributed by atoms with Crippen molar-refractivity contribution >= 4 is 55.8 Å². The van der Waals surface area contributed by atoms with Gasteiger partial charge in [0, 0.05) is 15.1 Å². The summed E-state index contributed by atoms with van der Waals surface area (Å²) in [6.45, 7) is 2.11. The van der Waals surface area contributed by atoms with Gasteiger partial charge in [-0.25, -0.2) is 4.98 Å². The number of nitrogens with two attached hydrogens (primary N) is 1. The van der Waals surface area contributed by atoms with E-state index in [-0.39, 0.29) is 5.95 Å². The van der Waals surface area contributed by atoms with Gasteiger partial charge in [0.1, 0.15) is 0 Å². The molecule has 2 aromatic carbocycles. The first kappa shape index (κ1) is 16.1. The summed E-state index contributed by atoms with van der Waals surface area (Å²) in [4.78, 5) is 11.4. The second-order valence-corrected chi connectivity index (χ2v) is 7.66. The molecule has 0 amide bonds. The maximum Gasteiger partial charge on any atom is 0.222 e. The average molecular weight is 411 g/mol. The lowest BCUT2D eigenvalue weighted by Crippen LogP contribution is -2.07. The van der Waals surface area contributed by atoms with Crippen LogP contribution in [0.25, 0.3) is 21.3 Å². The maximum atomic E-state index is 5.93. The van der Waals surface area contributed by atoms with Crippen LogP contribution in [-0.4, -0.2) is 9.97 Å². The summed E-state index contributed by atoms with van der Waals surface area (Å²) >= 11 is 5.40. The summed E-state index contributed by atoms with van der Waals surface area (Å²) < 4.78 is 1.86. The van der Waals surface area contributed by atoms with Gasteiger partial charge in [-0.15, -0.1) is 11.3 Å². The van der Waals surface area contributed by atoms with E-state index in [2.05, 4.69) is 57.3 Å². The molecule has 124 valence electrons. The zero-order chi connectivity index (χ0) is 17.4. The lowest BCUT2D eigenvalue weighted by atomic mass is 10.1. The molecule has 0 unspecified atom stereocenters. The highest BCUT2D eigenvalue weighted by molar-refractivity contribution is 9.10. The van der Waals surface area contributed by atoms with Crippen LogP contribution in [0, 0.1) is 6.92 Å². The molecule has 0 saturated heterocycles. The second kappa shape index (κ2) is 6.46. The predicted molar refractivity (Wildman–Crippen MR) is 110 cm³/mol. The summed E-state index contributed by atoms with van der Waals surface area (Å²) in [7, 11) is 0. The number of benzene rings is 2. The first-order chi connectivity index (χ1) is 12.1. The normalized spacial score (nSPS) is 11.0. The number of halogens is 1. The number of aryl methyl sites for hydroxylation is 1. The van der Waals surface area contributed by atoms with Crippen LogP contribution in [0.4, 0.5) is 17.5 Å². The van der Waals surface area contributed by atoms with Crippen LogP contribution in [-0.2, 0) is 0 Å². The van der Waals surface area contributed by atoms with Crippen molar-refractivity contribution in [2.24, 2.45) is 0 Å². The van der Waals surface area contributed by atoms with Crippen molar-refractivity contribution in [3.05, 3.63) is 65.5 Å². The smallest absolute Gasteiger partial charge is 0.222 e. The van der Waals surface area contributed by atoms with E-state index in [1.807, 2.05) is 40.3 Å². The number of aromatic nitrogens is 2. The zero-order valence-corrected chi connectivity index (χ0v) is 15.9. The highest BCUT2D eigenvalue weighted by Gasteiger charge is 2.15. The molecule has 0 aliphatic carbocycles. The molecule has 0 atom stereocenters. The fourth-order valence-electron chi connectivity index (χ4n) is 2.70. The van der Waals surface area contributed by atoms with Crippen LogP contribution >= 0.6 is 27.5 Å². The van der Waals surface area contributed by atoms with Gasteiger partial charge in [-0.2, -0.15) is 4.98 Å². The second-order valence-electron chi connectivity index (χ2n) is 5.66. The molecular formula is C19H15BrN4S. The monoisotopic (exact) mass is 410 g/mol. The first-order valence-corrected chi connectivity index (χ1v) is 9.29. The number of para-hydroxylation sites is 1. The van der Waals surface area contributed by atoms with E-state index in [9.17, 15) is 0 Å². The van der Waals surface area contributed by atoms with Crippen LogP contribution < -0.4 is 9.66 Å². The number of rotatable bonds is 3. The molecule has 4 rings (SSSR count). The highest BCUT2D eigenvalue weighted by Crippen LogP contribution is 2.36. The molecule has 2 aromatic heterocycles. The molecule has 4 nitrogen and oxygen atoms in total. The topological polar surface area (TPSA) is 55.0 Å².